The van der Waals surface area contributed by atoms with Crippen LogP contribution in [0.25, 0.3) is 0 Å². The lowest BCUT2D eigenvalue weighted by Crippen LogP contribution is -2.44. The Morgan fingerprint density at radius 1 is 1.12 bits per heavy atom. The van der Waals surface area contributed by atoms with E-state index in [1.54, 1.807) is 11.3 Å². The fraction of sp³-hybridized carbons (Fsp3) is 0.500. The number of hydrogen-bond donors (Lipinski definition) is 1. The third-order valence-electron chi connectivity index (χ3n) is 6.06. The van der Waals surface area contributed by atoms with Gasteiger partial charge in [0.25, 0.3) is 0 Å². The van der Waals surface area contributed by atoms with Crippen LogP contribution in [0, 0.1) is 12.8 Å². The first-order valence-electron chi connectivity index (χ1n) is 10.1. The molecule has 2 unspecified atom stereocenters. The lowest BCUT2D eigenvalue weighted by Gasteiger charge is -2.36. The second kappa shape index (κ2) is 10.2. The highest BCUT2D eigenvalue weighted by atomic mass is 35.5. The quantitative estimate of drug-likeness (QED) is 0.477. The SMILES string of the molecule is Cc1ccsc1C1CNCCC1C(=O)N(C)[C@@H](C)c1cc(C(F)(F)F)cc(C(F)(F)F)c1.Cl. The van der Waals surface area contributed by atoms with E-state index in [0.29, 0.717) is 31.6 Å². The smallest absolute Gasteiger partial charge is 0.339 e. The Balaban J connectivity index is 0.00000385. The fourth-order valence-electron chi connectivity index (χ4n) is 4.09. The number of benzene rings is 1. The van der Waals surface area contributed by atoms with Gasteiger partial charge < -0.3 is 10.2 Å². The predicted molar refractivity (Wildman–Crippen MR) is 118 cm³/mol. The molecule has 1 aromatic heterocycles. The maximum absolute atomic E-state index is 13.4. The summed E-state index contributed by atoms with van der Waals surface area (Å²) in [4.78, 5) is 15.7. The number of carbonyl (C=O) groups excluding carboxylic acids is 1. The van der Waals surface area contributed by atoms with Gasteiger partial charge in [0.15, 0.2) is 0 Å². The maximum Gasteiger partial charge on any atom is 0.416 e. The minimum Gasteiger partial charge on any atom is -0.339 e. The van der Waals surface area contributed by atoms with Gasteiger partial charge in [0.05, 0.1) is 17.2 Å². The molecule has 3 atom stereocenters. The molecule has 2 aromatic rings. The van der Waals surface area contributed by atoms with Crippen molar-refractivity contribution in [1.82, 2.24) is 10.2 Å². The second-order valence-electron chi connectivity index (χ2n) is 8.14. The average molecular weight is 515 g/mol. The molecular formula is C22H25ClF6N2OS. The van der Waals surface area contributed by atoms with Gasteiger partial charge in [0.2, 0.25) is 5.91 Å². The van der Waals surface area contributed by atoms with E-state index in [2.05, 4.69) is 5.32 Å². The third-order valence-corrected chi connectivity index (χ3v) is 7.21. The Kier molecular flexibility index (Phi) is 8.51. The van der Waals surface area contributed by atoms with Gasteiger partial charge in [-0.05, 0) is 67.6 Å². The molecule has 11 heteroatoms. The molecule has 0 bridgehead atoms. The fourth-order valence-corrected chi connectivity index (χ4v) is 5.19. The number of hydrogen-bond acceptors (Lipinski definition) is 3. The minimum absolute atomic E-state index is 0. The maximum atomic E-state index is 13.4. The number of rotatable bonds is 4. The number of nitrogens with one attached hydrogen (secondary N) is 1. The van der Waals surface area contributed by atoms with E-state index in [9.17, 15) is 31.1 Å². The van der Waals surface area contributed by atoms with Crippen molar-refractivity contribution in [1.29, 1.82) is 0 Å². The van der Waals surface area contributed by atoms with Crippen molar-refractivity contribution in [3.05, 3.63) is 56.8 Å². The van der Waals surface area contributed by atoms with Crippen LogP contribution in [0.3, 0.4) is 0 Å². The zero-order valence-corrected chi connectivity index (χ0v) is 19.8. The summed E-state index contributed by atoms with van der Waals surface area (Å²) in [7, 11) is 1.43. The molecule has 1 aliphatic heterocycles. The van der Waals surface area contributed by atoms with Crippen LogP contribution in [0.2, 0.25) is 0 Å². The van der Waals surface area contributed by atoms with E-state index in [-0.39, 0.29) is 35.9 Å². The number of carbonyl (C=O) groups is 1. The molecule has 0 spiro atoms. The highest BCUT2D eigenvalue weighted by molar-refractivity contribution is 7.10. The van der Waals surface area contributed by atoms with Crippen LogP contribution in [0.1, 0.15) is 52.4 Å². The van der Waals surface area contributed by atoms with Gasteiger partial charge in [-0.15, -0.1) is 23.7 Å². The molecule has 3 rings (SSSR count). The predicted octanol–water partition coefficient (Wildman–Crippen LogP) is 6.43. The highest BCUT2D eigenvalue weighted by Gasteiger charge is 2.39. The number of amides is 1. The summed E-state index contributed by atoms with van der Waals surface area (Å²) in [6.07, 6.45) is -9.33. The molecule has 0 radical (unpaired) electrons. The number of piperidine rings is 1. The van der Waals surface area contributed by atoms with Crippen LogP contribution >= 0.6 is 23.7 Å². The number of aryl methyl sites for hydroxylation is 1. The molecule has 3 nitrogen and oxygen atoms in total. The molecule has 2 heterocycles. The van der Waals surface area contributed by atoms with Gasteiger partial charge in [-0.1, -0.05) is 0 Å². The second-order valence-corrected chi connectivity index (χ2v) is 9.09. The standard InChI is InChI=1S/C22H24F6N2OS.ClH/c1-12-5-7-32-19(12)18-11-29-6-4-17(18)20(31)30(3)13(2)14-8-15(21(23,24)25)10-16(9-14)22(26,27)28;/h5,7-10,13,17-18,29H,4,6,11H2,1-3H3;1H/t13-,17?,18?;/m0./s1. The first kappa shape index (κ1) is 27.5. The Bertz CT molecular complexity index is 942. The van der Waals surface area contributed by atoms with Gasteiger partial charge in [-0.2, -0.15) is 26.3 Å². The van der Waals surface area contributed by atoms with Gasteiger partial charge in [0.1, 0.15) is 0 Å². The van der Waals surface area contributed by atoms with E-state index in [0.717, 1.165) is 10.4 Å². The van der Waals surface area contributed by atoms with Gasteiger partial charge in [-0.25, -0.2) is 0 Å². The molecule has 0 aliphatic carbocycles. The summed E-state index contributed by atoms with van der Waals surface area (Å²) < 4.78 is 79.5. The monoisotopic (exact) mass is 514 g/mol. The zero-order chi connectivity index (χ0) is 23.8. The summed E-state index contributed by atoms with van der Waals surface area (Å²) in [5.74, 6) is -0.796. The van der Waals surface area contributed by atoms with Crippen LogP contribution in [0.15, 0.2) is 29.6 Å². The summed E-state index contributed by atoms with van der Waals surface area (Å²) in [6, 6.07) is 2.47. The summed E-state index contributed by atoms with van der Waals surface area (Å²) >= 11 is 1.54. The lowest BCUT2D eigenvalue weighted by molar-refractivity contribution is -0.143. The van der Waals surface area contributed by atoms with E-state index < -0.39 is 35.4 Å². The van der Waals surface area contributed by atoms with Crippen molar-refractivity contribution in [2.24, 2.45) is 5.92 Å². The first-order valence-corrected chi connectivity index (χ1v) is 11.0. The van der Waals surface area contributed by atoms with E-state index in [4.69, 9.17) is 0 Å². The Hall–Kier alpha value is -1.78. The molecule has 1 aliphatic rings. The molecule has 33 heavy (non-hydrogen) atoms. The molecule has 0 saturated carbocycles. The Morgan fingerprint density at radius 3 is 2.18 bits per heavy atom. The molecule has 1 amide bonds. The highest BCUT2D eigenvalue weighted by Crippen LogP contribution is 2.40. The zero-order valence-electron chi connectivity index (χ0n) is 18.2. The molecule has 1 fully saturated rings. The van der Waals surface area contributed by atoms with Crippen LogP contribution in [-0.4, -0.2) is 30.9 Å². The minimum atomic E-state index is -4.94. The van der Waals surface area contributed by atoms with Crippen LogP contribution in [0.5, 0.6) is 0 Å². The summed E-state index contributed by atoms with van der Waals surface area (Å²) in [5.41, 5.74) is -1.92. The van der Waals surface area contributed by atoms with Crippen LogP contribution in [0.4, 0.5) is 26.3 Å². The number of halogens is 7. The number of alkyl halides is 6. The Labute approximate surface area is 198 Å². The number of nitrogens with zero attached hydrogens (tertiary/aromatic N) is 1. The van der Waals surface area contributed by atoms with Crippen LogP contribution in [-0.2, 0) is 17.1 Å². The van der Waals surface area contributed by atoms with Gasteiger partial charge in [0, 0.05) is 30.3 Å². The van der Waals surface area contributed by atoms with Gasteiger partial charge in [-0.3, -0.25) is 4.79 Å². The summed E-state index contributed by atoms with van der Waals surface area (Å²) in [5, 5.41) is 5.21. The Morgan fingerprint density at radius 2 is 1.70 bits per heavy atom. The lowest BCUT2D eigenvalue weighted by atomic mass is 9.83. The van der Waals surface area contributed by atoms with Crippen molar-refractivity contribution >= 4 is 29.7 Å². The van der Waals surface area contributed by atoms with Crippen LogP contribution < -0.4 is 5.32 Å². The van der Waals surface area contributed by atoms with Crippen molar-refractivity contribution in [3.8, 4) is 0 Å². The van der Waals surface area contributed by atoms with Crippen molar-refractivity contribution in [2.75, 3.05) is 20.1 Å². The van der Waals surface area contributed by atoms with E-state index in [1.807, 2.05) is 18.4 Å². The van der Waals surface area contributed by atoms with Crippen molar-refractivity contribution in [3.63, 3.8) is 0 Å². The molecule has 1 N–H and O–H groups in total. The number of thiophene rings is 1. The average Bonchev–Trinajstić information content (AvgIpc) is 3.16. The van der Waals surface area contributed by atoms with Crippen molar-refractivity contribution in [2.45, 2.75) is 44.6 Å². The topological polar surface area (TPSA) is 32.3 Å². The first-order chi connectivity index (χ1) is 14.8. The molecule has 1 saturated heterocycles. The van der Waals surface area contributed by atoms with E-state index in [1.165, 1.54) is 18.9 Å². The molecular weight excluding hydrogens is 490 g/mol. The van der Waals surface area contributed by atoms with Gasteiger partial charge >= 0.3 is 12.4 Å². The van der Waals surface area contributed by atoms with E-state index >= 15 is 0 Å². The molecule has 184 valence electrons. The third kappa shape index (κ3) is 6.02. The normalized spacial score (nSPS) is 20.2. The summed E-state index contributed by atoms with van der Waals surface area (Å²) in [6.45, 7) is 4.60. The van der Waals surface area contributed by atoms with Crippen molar-refractivity contribution < 1.29 is 31.1 Å². The largest absolute Gasteiger partial charge is 0.416 e. The molecule has 1 aromatic carbocycles.